The summed E-state index contributed by atoms with van der Waals surface area (Å²) in [7, 11) is 0. The van der Waals surface area contributed by atoms with E-state index in [1.54, 1.807) is 0 Å². The Balaban J connectivity index is 1.93. The van der Waals surface area contributed by atoms with Gasteiger partial charge in [0.05, 0.1) is 24.4 Å². The van der Waals surface area contributed by atoms with Gasteiger partial charge < -0.3 is 14.2 Å². The molecule has 3 aliphatic rings. The Morgan fingerprint density at radius 2 is 1.60 bits per heavy atom. The van der Waals surface area contributed by atoms with E-state index in [-0.39, 0.29) is 19.3 Å². The summed E-state index contributed by atoms with van der Waals surface area (Å²) in [5, 5.41) is 0. The summed E-state index contributed by atoms with van der Waals surface area (Å²) in [6.45, 7) is 0.161. The smallest absolute Gasteiger partial charge is 0.318 e. The van der Waals surface area contributed by atoms with Crippen LogP contribution in [-0.4, -0.2) is 31.3 Å². The van der Waals surface area contributed by atoms with Gasteiger partial charge in [0.15, 0.2) is 6.79 Å². The summed E-state index contributed by atoms with van der Waals surface area (Å²) in [5.41, 5.74) is 0. The van der Waals surface area contributed by atoms with Gasteiger partial charge >= 0.3 is 17.9 Å². The van der Waals surface area contributed by atoms with Crippen LogP contribution in [0.3, 0.4) is 0 Å². The second-order valence-corrected chi connectivity index (χ2v) is 3.93. The number of ether oxygens (including phenoxy) is 3. The zero-order chi connectivity index (χ0) is 10.6. The van der Waals surface area contributed by atoms with Gasteiger partial charge in [-0.25, -0.2) is 0 Å². The lowest BCUT2D eigenvalue weighted by Gasteiger charge is -2.39. The number of hydrogen-bond donors (Lipinski definition) is 0. The molecule has 0 radical (unpaired) electrons. The molecule has 3 rings (SSSR count). The summed E-state index contributed by atoms with van der Waals surface area (Å²) >= 11 is 0. The molecule has 0 aromatic carbocycles. The van der Waals surface area contributed by atoms with E-state index in [1.807, 2.05) is 0 Å². The van der Waals surface area contributed by atoms with E-state index in [2.05, 4.69) is 4.74 Å². The molecule has 2 heterocycles. The van der Waals surface area contributed by atoms with Crippen molar-refractivity contribution in [3.63, 3.8) is 0 Å². The third kappa shape index (κ3) is 0.995. The van der Waals surface area contributed by atoms with Gasteiger partial charge in [-0.05, 0) is 0 Å². The maximum atomic E-state index is 11.4. The predicted octanol–water partition coefficient (Wildman–Crippen LogP) is -0.921. The monoisotopic (exact) mass is 212 g/mol. The maximum Gasteiger partial charge on any atom is 0.318 e. The third-order valence-electron chi connectivity index (χ3n) is 3.31. The lowest BCUT2D eigenvalue weighted by Crippen LogP contribution is -2.53. The first-order chi connectivity index (χ1) is 7.20. The summed E-state index contributed by atoms with van der Waals surface area (Å²) in [4.78, 5) is 34.0. The van der Waals surface area contributed by atoms with Gasteiger partial charge in [0.2, 0.25) is 0 Å². The highest BCUT2D eigenvalue weighted by Gasteiger charge is 2.67. The predicted molar refractivity (Wildman–Crippen MR) is 42.0 cm³/mol. The van der Waals surface area contributed by atoms with Crippen LogP contribution in [0.4, 0.5) is 0 Å². The largest absolute Gasteiger partial charge is 0.438 e. The molecular formula is C9H8O6. The Hall–Kier alpha value is -1.43. The van der Waals surface area contributed by atoms with E-state index < -0.39 is 35.7 Å². The molecule has 0 aromatic rings. The van der Waals surface area contributed by atoms with Crippen LogP contribution in [0.2, 0.25) is 0 Å². The van der Waals surface area contributed by atoms with Gasteiger partial charge in [-0.3, -0.25) is 14.4 Å². The molecule has 80 valence electrons. The van der Waals surface area contributed by atoms with E-state index in [0.717, 1.165) is 0 Å². The highest BCUT2D eigenvalue weighted by Crippen LogP contribution is 2.52. The molecule has 3 fully saturated rings. The first-order valence-electron chi connectivity index (χ1n) is 4.70. The van der Waals surface area contributed by atoms with Gasteiger partial charge in [0.25, 0.3) is 0 Å². The van der Waals surface area contributed by atoms with Crippen LogP contribution in [0.15, 0.2) is 0 Å². The molecule has 0 aromatic heterocycles. The van der Waals surface area contributed by atoms with Crippen molar-refractivity contribution in [1.29, 1.82) is 0 Å². The van der Waals surface area contributed by atoms with Crippen LogP contribution in [-0.2, 0) is 28.6 Å². The number of esters is 3. The Morgan fingerprint density at radius 3 is 2.40 bits per heavy atom. The van der Waals surface area contributed by atoms with Crippen molar-refractivity contribution in [2.75, 3.05) is 13.4 Å². The standard InChI is InChI=1S/C9H8O6/c10-7-4-3(1-13-2-14-7)5-6(4)9(12)15-8(5)11/h3-6H,1-2H2. The molecule has 4 atom stereocenters. The lowest BCUT2D eigenvalue weighted by molar-refractivity contribution is -0.165. The topological polar surface area (TPSA) is 78.9 Å². The maximum absolute atomic E-state index is 11.4. The van der Waals surface area contributed by atoms with Crippen LogP contribution in [0.1, 0.15) is 0 Å². The van der Waals surface area contributed by atoms with Crippen LogP contribution in [0.5, 0.6) is 0 Å². The minimum Gasteiger partial charge on any atom is -0.438 e. The molecule has 0 bridgehead atoms. The highest BCUT2D eigenvalue weighted by molar-refractivity contribution is 6.01. The summed E-state index contributed by atoms with van der Waals surface area (Å²) in [6.07, 6.45) is 0. The van der Waals surface area contributed by atoms with E-state index in [0.29, 0.717) is 0 Å². The molecule has 1 saturated carbocycles. The van der Waals surface area contributed by atoms with Crippen molar-refractivity contribution < 1.29 is 28.6 Å². The fourth-order valence-corrected chi connectivity index (χ4v) is 2.59. The quantitative estimate of drug-likeness (QED) is 0.381. The van der Waals surface area contributed by atoms with Crippen LogP contribution < -0.4 is 0 Å². The SMILES string of the molecule is O=C1OCOCC2C1C1C(=O)OC(=O)C21. The number of cyclic esters (lactones) is 3. The average molecular weight is 212 g/mol. The molecule has 6 nitrogen and oxygen atoms in total. The second-order valence-electron chi connectivity index (χ2n) is 3.93. The minimum atomic E-state index is -0.642. The number of rotatable bonds is 0. The van der Waals surface area contributed by atoms with Crippen LogP contribution in [0.25, 0.3) is 0 Å². The molecule has 15 heavy (non-hydrogen) atoms. The zero-order valence-corrected chi connectivity index (χ0v) is 7.67. The Labute approximate surface area is 84.5 Å². The number of hydrogen-bond acceptors (Lipinski definition) is 6. The number of carbonyl (C=O) groups is 3. The highest BCUT2D eigenvalue weighted by atomic mass is 16.7. The fraction of sp³-hybridized carbons (Fsp3) is 0.667. The first kappa shape index (κ1) is 8.84. The van der Waals surface area contributed by atoms with Gasteiger partial charge in [0.1, 0.15) is 0 Å². The summed E-state index contributed by atoms with van der Waals surface area (Å²) in [6, 6.07) is 0. The zero-order valence-electron chi connectivity index (χ0n) is 7.67. The van der Waals surface area contributed by atoms with E-state index >= 15 is 0 Å². The number of carbonyl (C=O) groups excluding carboxylic acids is 3. The molecule has 0 spiro atoms. The van der Waals surface area contributed by atoms with Gasteiger partial charge in [-0.15, -0.1) is 0 Å². The van der Waals surface area contributed by atoms with Crippen molar-refractivity contribution >= 4 is 17.9 Å². The van der Waals surface area contributed by atoms with Crippen molar-refractivity contribution in [2.45, 2.75) is 0 Å². The second kappa shape index (κ2) is 2.79. The Kier molecular flexibility index (Phi) is 1.64. The molecule has 0 amide bonds. The van der Waals surface area contributed by atoms with Crippen molar-refractivity contribution in [3.8, 4) is 0 Å². The summed E-state index contributed by atoms with van der Waals surface area (Å²) < 4.78 is 14.3. The molecule has 1 aliphatic carbocycles. The average Bonchev–Trinajstić information content (AvgIpc) is 2.27. The molecule has 0 N–H and O–H groups in total. The van der Waals surface area contributed by atoms with E-state index in [9.17, 15) is 14.4 Å². The van der Waals surface area contributed by atoms with E-state index in [1.165, 1.54) is 0 Å². The fourth-order valence-electron chi connectivity index (χ4n) is 2.59. The molecule has 2 saturated heterocycles. The molecule has 2 aliphatic heterocycles. The van der Waals surface area contributed by atoms with Gasteiger partial charge in [-0.2, -0.15) is 0 Å². The van der Waals surface area contributed by atoms with Crippen LogP contribution in [0, 0.1) is 23.7 Å². The van der Waals surface area contributed by atoms with Crippen molar-refractivity contribution in [1.82, 2.24) is 0 Å². The van der Waals surface area contributed by atoms with Gasteiger partial charge in [0, 0.05) is 5.92 Å². The summed E-state index contributed by atoms with van der Waals surface area (Å²) in [5.74, 6) is -3.58. The molecular weight excluding hydrogens is 204 g/mol. The minimum absolute atomic E-state index is 0.103. The third-order valence-corrected chi connectivity index (χ3v) is 3.31. The van der Waals surface area contributed by atoms with Crippen molar-refractivity contribution in [3.05, 3.63) is 0 Å². The normalized spacial score (nSPS) is 43.3. The first-order valence-corrected chi connectivity index (χ1v) is 4.70. The number of fused-ring (bicyclic) bond motifs is 4. The van der Waals surface area contributed by atoms with Gasteiger partial charge in [-0.1, -0.05) is 0 Å². The van der Waals surface area contributed by atoms with E-state index in [4.69, 9.17) is 9.47 Å². The molecule has 6 heteroatoms. The van der Waals surface area contributed by atoms with Crippen LogP contribution >= 0.6 is 0 Å². The van der Waals surface area contributed by atoms with Crippen molar-refractivity contribution in [2.24, 2.45) is 23.7 Å². The Bertz CT molecular complexity index is 362. The Morgan fingerprint density at radius 1 is 0.933 bits per heavy atom. The molecule has 4 unspecified atom stereocenters. The lowest BCUT2D eigenvalue weighted by atomic mass is 9.58.